The Kier molecular flexibility index (Phi) is 4.29. The number of carbonyl (C=O) groups excluding carboxylic acids is 1. The number of piperidine rings is 1. The second kappa shape index (κ2) is 6.35. The number of benzene rings is 1. The summed E-state index contributed by atoms with van der Waals surface area (Å²) in [5, 5.41) is 15.7. The summed E-state index contributed by atoms with van der Waals surface area (Å²) in [5.41, 5.74) is 2.05. The molecular weight excluding hydrogens is 266 g/mol. The van der Waals surface area contributed by atoms with Gasteiger partial charge in [-0.2, -0.15) is 0 Å². The van der Waals surface area contributed by atoms with Crippen molar-refractivity contribution in [1.82, 2.24) is 4.90 Å². The van der Waals surface area contributed by atoms with Gasteiger partial charge in [-0.1, -0.05) is 12.1 Å². The molecule has 0 bridgehead atoms. The molecular formula is C16H23N3O2. The summed E-state index contributed by atoms with van der Waals surface area (Å²) >= 11 is 0. The summed E-state index contributed by atoms with van der Waals surface area (Å²) in [6.07, 6.45) is 2.94. The lowest BCUT2D eigenvalue weighted by molar-refractivity contribution is -0.133. The maximum Gasteiger partial charge on any atom is 0.246 e. The van der Waals surface area contributed by atoms with Crippen LogP contribution in [0.25, 0.3) is 0 Å². The first-order chi connectivity index (χ1) is 10.3. The van der Waals surface area contributed by atoms with E-state index in [1.54, 1.807) is 0 Å². The number of fused-ring (bicyclic) bond motifs is 1. The molecule has 2 aliphatic heterocycles. The number of hydrogen-bond donors (Lipinski definition) is 3. The molecule has 0 spiro atoms. The summed E-state index contributed by atoms with van der Waals surface area (Å²) in [6.45, 7) is 2.44. The van der Waals surface area contributed by atoms with Gasteiger partial charge in [-0.25, -0.2) is 0 Å². The van der Waals surface area contributed by atoms with Crippen LogP contribution in [-0.4, -0.2) is 48.2 Å². The third kappa shape index (κ3) is 3.13. The number of likely N-dealkylation sites (tertiary alicyclic amines) is 1. The van der Waals surface area contributed by atoms with E-state index in [4.69, 9.17) is 5.11 Å². The van der Waals surface area contributed by atoms with Crippen LogP contribution in [-0.2, 0) is 4.79 Å². The first-order valence-electron chi connectivity index (χ1n) is 7.77. The number of hydrogen-bond acceptors (Lipinski definition) is 4. The Hall–Kier alpha value is -1.75. The van der Waals surface area contributed by atoms with Crippen LogP contribution in [0.3, 0.4) is 0 Å². The van der Waals surface area contributed by atoms with Crippen molar-refractivity contribution in [3.05, 3.63) is 24.3 Å². The number of rotatable bonds is 3. The standard InChI is InChI=1S/C16H23N3O2/c20-9-7-12-4-3-8-19(11-12)16(21)15-10-17-13-5-1-2-6-14(13)18-15/h1-2,5-6,12,15,17-18,20H,3-4,7-11H2. The minimum absolute atomic E-state index is 0.166. The number of aliphatic hydroxyl groups excluding tert-OH is 1. The number of aliphatic hydroxyl groups is 1. The van der Waals surface area contributed by atoms with E-state index in [1.165, 1.54) is 0 Å². The van der Waals surface area contributed by atoms with Gasteiger partial charge in [0.05, 0.1) is 11.4 Å². The second-order valence-electron chi connectivity index (χ2n) is 5.93. The van der Waals surface area contributed by atoms with Crippen LogP contribution in [0.15, 0.2) is 24.3 Å². The third-order valence-electron chi connectivity index (χ3n) is 4.42. The van der Waals surface area contributed by atoms with Crippen LogP contribution in [0.1, 0.15) is 19.3 Å². The first-order valence-corrected chi connectivity index (χ1v) is 7.77. The fourth-order valence-corrected chi connectivity index (χ4v) is 3.27. The van der Waals surface area contributed by atoms with E-state index in [0.717, 1.165) is 43.7 Å². The van der Waals surface area contributed by atoms with Gasteiger partial charge in [0.2, 0.25) is 5.91 Å². The Morgan fingerprint density at radius 2 is 2.14 bits per heavy atom. The molecule has 114 valence electrons. The first kappa shape index (κ1) is 14.2. The van der Waals surface area contributed by atoms with Gasteiger partial charge in [-0.15, -0.1) is 0 Å². The minimum Gasteiger partial charge on any atom is -0.396 e. The molecule has 1 aromatic carbocycles. The third-order valence-corrected chi connectivity index (χ3v) is 4.42. The number of para-hydroxylation sites is 2. The molecule has 5 heteroatoms. The molecule has 21 heavy (non-hydrogen) atoms. The molecule has 1 saturated heterocycles. The van der Waals surface area contributed by atoms with Crippen molar-refractivity contribution in [2.45, 2.75) is 25.3 Å². The van der Waals surface area contributed by atoms with Gasteiger partial charge in [0.15, 0.2) is 0 Å². The number of nitrogens with zero attached hydrogens (tertiary/aromatic N) is 1. The average molecular weight is 289 g/mol. The molecule has 1 aromatic rings. The Labute approximate surface area is 125 Å². The quantitative estimate of drug-likeness (QED) is 0.789. The summed E-state index contributed by atoms with van der Waals surface area (Å²) in [4.78, 5) is 14.6. The molecule has 1 amide bonds. The molecule has 3 rings (SSSR count). The van der Waals surface area contributed by atoms with Crippen LogP contribution in [0, 0.1) is 5.92 Å². The van der Waals surface area contributed by atoms with Crippen LogP contribution in [0.2, 0.25) is 0 Å². The zero-order valence-corrected chi connectivity index (χ0v) is 12.2. The monoisotopic (exact) mass is 289 g/mol. The van der Waals surface area contributed by atoms with Crippen LogP contribution < -0.4 is 10.6 Å². The van der Waals surface area contributed by atoms with Crippen molar-refractivity contribution in [1.29, 1.82) is 0 Å². The molecule has 0 aromatic heterocycles. The average Bonchev–Trinajstić information content (AvgIpc) is 2.54. The van der Waals surface area contributed by atoms with Crippen LogP contribution >= 0.6 is 0 Å². The highest BCUT2D eigenvalue weighted by Crippen LogP contribution is 2.27. The van der Waals surface area contributed by atoms with E-state index in [2.05, 4.69) is 10.6 Å². The van der Waals surface area contributed by atoms with Crippen molar-refractivity contribution in [2.24, 2.45) is 5.92 Å². The summed E-state index contributed by atoms with van der Waals surface area (Å²) < 4.78 is 0. The molecule has 3 N–H and O–H groups in total. The fraction of sp³-hybridized carbons (Fsp3) is 0.562. The van der Waals surface area contributed by atoms with Crippen molar-refractivity contribution >= 4 is 17.3 Å². The van der Waals surface area contributed by atoms with E-state index in [1.807, 2.05) is 29.2 Å². The Bertz CT molecular complexity index is 504. The van der Waals surface area contributed by atoms with Gasteiger partial charge in [-0.05, 0) is 37.3 Å². The molecule has 1 fully saturated rings. The lowest BCUT2D eigenvalue weighted by atomic mass is 9.94. The lowest BCUT2D eigenvalue weighted by Gasteiger charge is -2.36. The number of anilines is 2. The van der Waals surface area contributed by atoms with Gasteiger partial charge in [0.25, 0.3) is 0 Å². The van der Waals surface area contributed by atoms with Gasteiger partial charge < -0.3 is 20.6 Å². The number of amides is 1. The van der Waals surface area contributed by atoms with E-state index in [9.17, 15) is 4.79 Å². The maximum atomic E-state index is 12.7. The van der Waals surface area contributed by atoms with Gasteiger partial charge in [0.1, 0.15) is 6.04 Å². The van der Waals surface area contributed by atoms with Crippen LogP contribution in [0.4, 0.5) is 11.4 Å². The van der Waals surface area contributed by atoms with Gasteiger partial charge >= 0.3 is 0 Å². The number of nitrogens with one attached hydrogen (secondary N) is 2. The molecule has 0 saturated carbocycles. The van der Waals surface area contributed by atoms with E-state index < -0.39 is 0 Å². The second-order valence-corrected chi connectivity index (χ2v) is 5.93. The molecule has 5 nitrogen and oxygen atoms in total. The Balaban J connectivity index is 1.63. The fourth-order valence-electron chi connectivity index (χ4n) is 3.27. The Morgan fingerprint density at radius 3 is 2.95 bits per heavy atom. The van der Waals surface area contributed by atoms with Crippen molar-refractivity contribution < 1.29 is 9.90 Å². The SMILES string of the molecule is O=C(C1CNc2ccccc2N1)N1CCCC(CCO)C1. The van der Waals surface area contributed by atoms with E-state index in [0.29, 0.717) is 12.5 Å². The van der Waals surface area contributed by atoms with E-state index >= 15 is 0 Å². The number of carbonyl (C=O) groups is 1. The van der Waals surface area contributed by atoms with Gasteiger partial charge in [-0.3, -0.25) is 4.79 Å². The van der Waals surface area contributed by atoms with Crippen molar-refractivity contribution in [2.75, 3.05) is 36.9 Å². The van der Waals surface area contributed by atoms with Crippen LogP contribution in [0.5, 0.6) is 0 Å². The largest absolute Gasteiger partial charge is 0.396 e. The maximum absolute atomic E-state index is 12.7. The topological polar surface area (TPSA) is 64.6 Å². The van der Waals surface area contributed by atoms with Gasteiger partial charge in [0, 0.05) is 26.2 Å². The predicted molar refractivity (Wildman–Crippen MR) is 83.3 cm³/mol. The van der Waals surface area contributed by atoms with Crippen molar-refractivity contribution in [3.63, 3.8) is 0 Å². The smallest absolute Gasteiger partial charge is 0.246 e. The predicted octanol–water partition coefficient (Wildman–Crippen LogP) is 1.51. The van der Waals surface area contributed by atoms with Crippen molar-refractivity contribution in [3.8, 4) is 0 Å². The normalized spacial score (nSPS) is 24.7. The molecule has 2 unspecified atom stereocenters. The summed E-state index contributed by atoms with van der Waals surface area (Å²) in [7, 11) is 0. The highest BCUT2D eigenvalue weighted by Gasteiger charge is 2.30. The van der Waals surface area contributed by atoms with E-state index in [-0.39, 0.29) is 18.6 Å². The molecule has 0 radical (unpaired) electrons. The highest BCUT2D eigenvalue weighted by molar-refractivity contribution is 5.88. The summed E-state index contributed by atoms with van der Waals surface area (Å²) in [6, 6.07) is 7.76. The molecule has 0 aliphatic carbocycles. The highest BCUT2D eigenvalue weighted by atomic mass is 16.3. The minimum atomic E-state index is -0.201. The molecule has 2 aliphatic rings. The Morgan fingerprint density at radius 1 is 1.33 bits per heavy atom. The zero-order chi connectivity index (χ0) is 14.7. The molecule has 2 heterocycles. The lowest BCUT2D eigenvalue weighted by Crippen LogP contribution is -2.51. The zero-order valence-electron chi connectivity index (χ0n) is 12.2. The molecule has 2 atom stereocenters. The summed E-state index contributed by atoms with van der Waals surface area (Å²) in [5.74, 6) is 0.608.